The molecule has 2 heterocycles. The lowest BCUT2D eigenvalue weighted by Gasteiger charge is -2.28. The molecule has 8 heteroatoms. The van der Waals surface area contributed by atoms with Gasteiger partial charge in [-0.15, -0.1) is 0 Å². The quantitative estimate of drug-likeness (QED) is 0.792. The highest BCUT2D eigenvalue weighted by Gasteiger charge is 2.31. The molecule has 0 unspecified atom stereocenters. The Hall–Kier alpha value is -2.38. The van der Waals surface area contributed by atoms with Crippen LogP contribution in [0.2, 0.25) is 0 Å². The van der Waals surface area contributed by atoms with E-state index in [1.54, 1.807) is 0 Å². The van der Waals surface area contributed by atoms with Crippen molar-refractivity contribution >= 4 is 5.69 Å². The molecular formula is C17H17F4N3O. The fourth-order valence-electron chi connectivity index (χ4n) is 2.90. The Morgan fingerprint density at radius 3 is 2.44 bits per heavy atom. The number of nitrogens with zero attached hydrogens (tertiary/aromatic N) is 3. The van der Waals surface area contributed by atoms with E-state index < -0.39 is 23.1 Å². The SMILES string of the molecule is O=c1cc(N2CCCCC2)cnn1Cc1cc(C(F)(F)F)ccc1F. The third kappa shape index (κ3) is 4.00. The molecule has 1 aromatic carbocycles. The summed E-state index contributed by atoms with van der Waals surface area (Å²) < 4.78 is 53.1. The predicted octanol–water partition coefficient (Wildman–Crippen LogP) is 3.44. The van der Waals surface area contributed by atoms with Crippen LogP contribution in [0.1, 0.15) is 30.4 Å². The number of aromatic nitrogens is 2. The van der Waals surface area contributed by atoms with Crippen LogP contribution in [0, 0.1) is 5.82 Å². The van der Waals surface area contributed by atoms with E-state index in [9.17, 15) is 22.4 Å². The van der Waals surface area contributed by atoms with Crippen LogP contribution in [-0.2, 0) is 12.7 Å². The smallest absolute Gasteiger partial charge is 0.370 e. The highest BCUT2D eigenvalue weighted by molar-refractivity contribution is 5.43. The molecule has 1 aromatic heterocycles. The zero-order chi connectivity index (χ0) is 18.0. The summed E-state index contributed by atoms with van der Waals surface area (Å²) in [6.45, 7) is 1.33. The Labute approximate surface area is 141 Å². The van der Waals surface area contributed by atoms with Crippen molar-refractivity contribution in [2.75, 3.05) is 18.0 Å². The van der Waals surface area contributed by atoms with Crippen molar-refractivity contribution in [2.24, 2.45) is 0 Å². The van der Waals surface area contributed by atoms with Crippen molar-refractivity contribution < 1.29 is 17.6 Å². The van der Waals surface area contributed by atoms with Gasteiger partial charge in [0, 0.05) is 24.7 Å². The molecule has 3 rings (SSSR count). The second-order valence-electron chi connectivity index (χ2n) is 6.06. The van der Waals surface area contributed by atoms with Gasteiger partial charge in [-0.05, 0) is 37.5 Å². The molecule has 25 heavy (non-hydrogen) atoms. The zero-order valence-corrected chi connectivity index (χ0v) is 13.4. The van der Waals surface area contributed by atoms with E-state index in [0.29, 0.717) is 17.8 Å². The number of halogens is 4. The van der Waals surface area contributed by atoms with Crippen LogP contribution in [-0.4, -0.2) is 22.9 Å². The Morgan fingerprint density at radius 1 is 1.08 bits per heavy atom. The maximum absolute atomic E-state index is 13.8. The first-order valence-electron chi connectivity index (χ1n) is 8.02. The highest BCUT2D eigenvalue weighted by atomic mass is 19.4. The van der Waals surface area contributed by atoms with Gasteiger partial charge in [-0.3, -0.25) is 4.79 Å². The van der Waals surface area contributed by atoms with E-state index in [1.807, 2.05) is 4.90 Å². The molecule has 4 nitrogen and oxygen atoms in total. The van der Waals surface area contributed by atoms with Crippen LogP contribution in [0.5, 0.6) is 0 Å². The van der Waals surface area contributed by atoms with Crippen LogP contribution in [0.25, 0.3) is 0 Å². The minimum atomic E-state index is -4.57. The average molecular weight is 355 g/mol. The summed E-state index contributed by atoms with van der Waals surface area (Å²) in [5, 5.41) is 4.00. The van der Waals surface area contributed by atoms with Gasteiger partial charge in [0.25, 0.3) is 5.56 Å². The summed E-state index contributed by atoms with van der Waals surface area (Å²) in [4.78, 5) is 14.3. The molecule has 0 aliphatic carbocycles. The molecular weight excluding hydrogens is 338 g/mol. The number of alkyl halides is 3. The lowest BCUT2D eigenvalue weighted by atomic mass is 10.1. The van der Waals surface area contributed by atoms with Gasteiger partial charge in [0.15, 0.2) is 0 Å². The summed E-state index contributed by atoms with van der Waals surface area (Å²) in [6.07, 6.45) is 0.157. The van der Waals surface area contributed by atoms with Crippen molar-refractivity contribution in [3.05, 3.63) is 57.8 Å². The second-order valence-corrected chi connectivity index (χ2v) is 6.06. The van der Waals surface area contributed by atoms with Crippen LogP contribution < -0.4 is 10.5 Å². The highest BCUT2D eigenvalue weighted by Crippen LogP contribution is 2.30. The molecule has 1 aliphatic rings. The zero-order valence-electron chi connectivity index (χ0n) is 13.4. The molecule has 1 aliphatic heterocycles. The maximum atomic E-state index is 13.8. The average Bonchev–Trinajstić information content (AvgIpc) is 2.58. The van der Waals surface area contributed by atoms with Gasteiger partial charge in [-0.25, -0.2) is 9.07 Å². The molecule has 0 N–H and O–H groups in total. The van der Waals surface area contributed by atoms with E-state index in [4.69, 9.17) is 0 Å². The third-order valence-electron chi connectivity index (χ3n) is 4.27. The first-order chi connectivity index (χ1) is 11.8. The first kappa shape index (κ1) is 17.4. The summed E-state index contributed by atoms with van der Waals surface area (Å²) in [5.41, 5.74) is -0.970. The summed E-state index contributed by atoms with van der Waals surface area (Å²) in [7, 11) is 0. The van der Waals surface area contributed by atoms with Gasteiger partial charge in [-0.2, -0.15) is 18.3 Å². The van der Waals surface area contributed by atoms with E-state index in [0.717, 1.165) is 43.1 Å². The summed E-state index contributed by atoms with van der Waals surface area (Å²) >= 11 is 0. The van der Waals surface area contributed by atoms with Crippen molar-refractivity contribution in [1.82, 2.24) is 9.78 Å². The summed E-state index contributed by atoms with van der Waals surface area (Å²) in [6, 6.07) is 3.53. The standard InChI is InChI=1S/C17H17F4N3O/c18-15-5-4-13(17(19,20)21)8-12(15)11-24-16(25)9-14(10-22-24)23-6-2-1-3-7-23/h4-5,8-10H,1-3,6-7,11H2. The van der Waals surface area contributed by atoms with Gasteiger partial charge in [-0.1, -0.05) is 0 Å². The molecule has 0 atom stereocenters. The molecule has 134 valence electrons. The molecule has 0 saturated carbocycles. The maximum Gasteiger partial charge on any atom is 0.416 e. The molecule has 0 bridgehead atoms. The largest absolute Gasteiger partial charge is 0.416 e. The molecule has 0 spiro atoms. The van der Waals surface area contributed by atoms with Crippen LogP contribution in [0.3, 0.4) is 0 Å². The van der Waals surface area contributed by atoms with Crippen LogP contribution in [0.4, 0.5) is 23.2 Å². The predicted molar refractivity (Wildman–Crippen MR) is 85.1 cm³/mol. The first-order valence-corrected chi connectivity index (χ1v) is 8.02. The minimum Gasteiger partial charge on any atom is -0.370 e. The fourth-order valence-corrected chi connectivity index (χ4v) is 2.90. The topological polar surface area (TPSA) is 38.1 Å². The Bertz CT molecular complexity index is 810. The van der Waals surface area contributed by atoms with E-state index in [1.165, 1.54) is 12.3 Å². The Balaban J connectivity index is 1.85. The van der Waals surface area contributed by atoms with E-state index in [2.05, 4.69) is 5.10 Å². The van der Waals surface area contributed by atoms with Crippen molar-refractivity contribution in [3.63, 3.8) is 0 Å². The van der Waals surface area contributed by atoms with Gasteiger partial charge in [0.05, 0.1) is 24.0 Å². The van der Waals surface area contributed by atoms with E-state index in [-0.39, 0.29) is 12.1 Å². The van der Waals surface area contributed by atoms with Crippen LogP contribution >= 0.6 is 0 Å². The Morgan fingerprint density at radius 2 is 1.80 bits per heavy atom. The van der Waals surface area contributed by atoms with Gasteiger partial charge in [0.1, 0.15) is 5.82 Å². The fraction of sp³-hybridized carbons (Fsp3) is 0.412. The van der Waals surface area contributed by atoms with Crippen molar-refractivity contribution in [3.8, 4) is 0 Å². The number of hydrogen-bond acceptors (Lipinski definition) is 3. The molecule has 1 fully saturated rings. The number of benzene rings is 1. The lowest BCUT2D eigenvalue weighted by Crippen LogP contribution is -2.32. The number of rotatable bonds is 3. The van der Waals surface area contributed by atoms with E-state index >= 15 is 0 Å². The van der Waals surface area contributed by atoms with Crippen LogP contribution in [0.15, 0.2) is 35.3 Å². The molecule has 2 aromatic rings. The molecule has 1 saturated heterocycles. The van der Waals surface area contributed by atoms with Gasteiger partial charge >= 0.3 is 6.18 Å². The lowest BCUT2D eigenvalue weighted by molar-refractivity contribution is -0.137. The molecule has 0 radical (unpaired) electrons. The third-order valence-corrected chi connectivity index (χ3v) is 4.27. The normalized spacial score (nSPS) is 15.4. The Kier molecular flexibility index (Phi) is 4.78. The second kappa shape index (κ2) is 6.85. The van der Waals surface area contributed by atoms with Crippen molar-refractivity contribution in [1.29, 1.82) is 0 Å². The number of piperidine rings is 1. The number of hydrogen-bond donors (Lipinski definition) is 0. The van der Waals surface area contributed by atoms with Gasteiger partial charge in [0.2, 0.25) is 0 Å². The monoisotopic (exact) mass is 355 g/mol. The number of anilines is 1. The minimum absolute atomic E-state index is 0.227. The van der Waals surface area contributed by atoms with Gasteiger partial charge < -0.3 is 4.90 Å². The molecule has 0 amide bonds. The summed E-state index contributed by atoms with van der Waals surface area (Å²) in [5.74, 6) is -0.804. The van der Waals surface area contributed by atoms with Crippen molar-refractivity contribution in [2.45, 2.75) is 32.0 Å².